The Morgan fingerprint density at radius 2 is 0.924 bits per heavy atom. The minimum absolute atomic E-state index is 0.00965. The number of rotatable bonds is 10. The summed E-state index contributed by atoms with van der Waals surface area (Å²) in [7, 11) is 0. The normalized spacial score (nSPS) is 15.2. The summed E-state index contributed by atoms with van der Waals surface area (Å²) in [6.45, 7) is 21.3. The SMILES string of the molecule is CC(C)(C)c1ccc(N(c2ccc(-c3ccccc3)cc2)c2ccc3c(c2)N(c2ccc(-c4ccccc4)cc2)B2c4cccc(C(c5ccccc5)(c5ccccc5)c5ccc6c(c5)C(C)(C)CCC6(C)C)c4Nc4cc5c(c-3c42)-c2ccccc2C5(C)C)cc1. The number of nitrogens with one attached hydrogen (secondary N) is 1. The van der Waals surface area contributed by atoms with Crippen LogP contribution in [-0.2, 0) is 27.1 Å². The van der Waals surface area contributed by atoms with Gasteiger partial charge in [0, 0.05) is 50.8 Å². The zero-order valence-electron chi connectivity index (χ0n) is 54.4. The summed E-state index contributed by atoms with van der Waals surface area (Å²) in [5, 5.41) is 4.45. The summed E-state index contributed by atoms with van der Waals surface area (Å²) in [6.07, 6.45) is 2.28. The van der Waals surface area contributed by atoms with Crippen LogP contribution in [-0.4, -0.2) is 6.85 Å². The predicted octanol–water partition coefficient (Wildman–Crippen LogP) is 21.8. The van der Waals surface area contributed by atoms with Crippen molar-refractivity contribution in [3.8, 4) is 44.5 Å². The Labute approximate surface area is 545 Å². The van der Waals surface area contributed by atoms with Crippen molar-refractivity contribution in [3.63, 3.8) is 0 Å². The molecule has 92 heavy (non-hydrogen) atoms. The molecule has 12 aromatic carbocycles. The third-order valence-electron chi connectivity index (χ3n) is 21.4. The molecule has 3 nitrogen and oxygen atoms in total. The maximum atomic E-state index is 4.45. The molecule has 0 fully saturated rings. The van der Waals surface area contributed by atoms with E-state index in [1.165, 1.54) is 106 Å². The highest BCUT2D eigenvalue weighted by molar-refractivity contribution is 6.93. The Kier molecular flexibility index (Phi) is 13.3. The van der Waals surface area contributed by atoms with Crippen molar-refractivity contribution in [2.75, 3.05) is 15.0 Å². The second kappa shape index (κ2) is 21.4. The fourth-order valence-corrected chi connectivity index (χ4v) is 16.4. The summed E-state index contributed by atoms with van der Waals surface area (Å²) >= 11 is 0. The zero-order chi connectivity index (χ0) is 62.9. The fraction of sp³-hybridized carbons (Fsp3) is 0.182. The molecule has 0 spiro atoms. The number of fused-ring (bicyclic) bond motifs is 9. The van der Waals surface area contributed by atoms with E-state index in [0.717, 1.165) is 52.7 Å². The van der Waals surface area contributed by atoms with Crippen LogP contribution in [0.15, 0.2) is 279 Å². The molecule has 0 saturated heterocycles. The highest BCUT2D eigenvalue weighted by Gasteiger charge is 2.51. The number of nitrogens with zero attached hydrogens (tertiary/aromatic N) is 2. The van der Waals surface area contributed by atoms with Gasteiger partial charge in [0.15, 0.2) is 0 Å². The lowest BCUT2D eigenvalue weighted by Crippen LogP contribution is -2.61. The van der Waals surface area contributed by atoms with E-state index in [-0.39, 0.29) is 28.5 Å². The number of hydrogen-bond donors (Lipinski definition) is 1. The number of anilines is 7. The van der Waals surface area contributed by atoms with Crippen molar-refractivity contribution in [1.29, 1.82) is 0 Å². The van der Waals surface area contributed by atoms with E-state index in [4.69, 9.17) is 0 Å². The van der Waals surface area contributed by atoms with Crippen LogP contribution in [0.5, 0.6) is 0 Å². The molecule has 0 bridgehead atoms. The topological polar surface area (TPSA) is 18.5 Å². The van der Waals surface area contributed by atoms with E-state index in [1.807, 2.05) is 0 Å². The Balaban J connectivity index is 0.999. The third kappa shape index (κ3) is 8.99. The van der Waals surface area contributed by atoms with Gasteiger partial charge in [-0.1, -0.05) is 287 Å². The monoisotopic (exact) mass is 1190 g/mol. The molecule has 0 atom stereocenters. The Morgan fingerprint density at radius 3 is 1.53 bits per heavy atom. The molecule has 1 N–H and O–H groups in total. The average Bonchev–Trinajstić information content (AvgIpc) is 1.23. The van der Waals surface area contributed by atoms with Crippen LogP contribution in [0, 0.1) is 0 Å². The van der Waals surface area contributed by atoms with Gasteiger partial charge < -0.3 is 15.0 Å². The quantitative estimate of drug-likeness (QED) is 0.109. The fourth-order valence-electron chi connectivity index (χ4n) is 16.4. The van der Waals surface area contributed by atoms with Crippen molar-refractivity contribution < 1.29 is 0 Å². The van der Waals surface area contributed by atoms with Crippen molar-refractivity contribution in [1.82, 2.24) is 0 Å². The van der Waals surface area contributed by atoms with E-state index in [0.29, 0.717) is 0 Å². The first-order valence-corrected chi connectivity index (χ1v) is 33.1. The van der Waals surface area contributed by atoms with Gasteiger partial charge in [-0.05, 0) is 184 Å². The van der Waals surface area contributed by atoms with Gasteiger partial charge in [0.25, 0.3) is 0 Å². The molecular weight excluding hydrogens is 1110 g/mol. The molecule has 4 heteroatoms. The van der Waals surface area contributed by atoms with Crippen molar-refractivity contribution in [2.24, 2.45) is 0 Å². The van der Waals surface area contributed by atoms with Gasteiger partial charge >= 0.3 is 6.85 Å². The second-order valence-corrected chi connectivity index (χ2v) is 29.1. The molecule has 2 aliphatic heterocycles. The first kappa shape index (κ1) is 57.3. The number of benzene rings is 12. The predicted molar refractivity (Wildman–Crippen MR) is 391 cm³/mol. The first-order chi connectivity index (χ1) is 44.5. The largest absolute Gasteiger partial charge is 0.376 e. The summed E-state index contributed by atoms with van der Waals surface area (Å²) < 4.78 is 0. The summed E-state index contributed by atoms with van der Waals surface area (Å²) in [5.41, 5.74) is 31.1. The third-order valence-corrected chi connectivity index (χ3v) is 21.4. The Hall–Kier alpha value is -9.90. The highest BCUT2D eigenvalue weighted by Crippen LogP contribution is 2.59. The van der Waals surface area contributed by atoms with E-state index < -0.39 is 5.41 Å². The smallest absolute Gasteiger partial charge is 0.333 e. The van der Waals surface area contributed by atoms with Crippen LogP contribution in [0.1, 0.15) is 125 Å². The lowest BCUT2D eigenvalue weighted by atomic mass is 9.42. The van der Waals surface area contributed by atoms with Crippen molar-refractivity contribution >= 4 is 57.6 Å². The van der Waals surface area contributed by atoms with Crippen LogP contribution in [0.25, 0.3) is 44.5 Å². The summed E-state index contributed by atoms with van der Waals surface area (Å²) in [4.78, 5) is 5.17. The molecule has 2 aliphatic carbocycles. The maximum Gasteiger partial charge on any atom is 0.333 e. The minimum Gasteiger partial charge on any atom is -0.376 e. The molecule has 0 saturated carbocycles. The van der Waals surface area contributed by atoms with E-state index in [9.17, 15) is 0 Å². The van der Waals surface area contributed by atoms with Crippen molar-refractivity contribution in [3.05, 3.63) is 329 Å². The van der Waals surface area contributed by atoms with Crippen LogP contribution in [0.4, 0.5) is 39.8 Å². The molecule has 0 aromatic heterocycles. The highest BCUT2D eigenvalue weighted by atomic mass is 15.2. The van der Waals surface area contributed by atoms with Crippen LogP contribution in [0.2, 0.25) is 0 Å². The lowest BCUT2D eigenvalue weighted by molar-refractivity contribution is 0.331. The average molecular weight is 1190 g/mol. The molecule has 0 amide bonds. The summed E-state index contributed by atoms with van der Waals surface area (Å²) in [6, 6.07) is 106. The van der Waals surface area contributed by atoms with Crippen LogP contribution < -0.4 is 26.0 Å². The number of hydrogen-bond acceptors (Lipinski definition) is 3. The summed E-state index contributed by atoms with van der Waals surface area (Å²) in [5.74, 6) is 0. The molecular formula is C88H78BN3. The molecule has 0 unspecified atom stereocenters. The van der Waals surface area contributed by atoms with Gasteiger partial charge in [-0.2, -0.15) is 0 Å². The van der Waals surface area contributed by atoms with E-state index in [1.54, 1.807) is 0 Å². The molecule has 2 heterocycles. The molecule has 0 radical (unpaired) electrons. The van der Waals surface area contributed by atoms with Gasteiger partial charge in [-0.25, -0.2) is 0 Å². The number of para-hydroxylation sites is 1. The van der Waals surface area contributed by atoms with E-state index in [2.05, 4.69) is 356 Å². The molecule has 12 aromatic rings. The lowest BCUT2D eigenvalue weighted by Gasteiger charge is -2.46. The first-order valence-electron chi connectivity index (χ1n) is 33.1. The molecule has 4 aliphatic rings. The van der Waals surface area contributed by atoms with Gasteiger partial charge in [-0.15, -0.1) is 0 Å². The van der Waals surface area contributed by atoms with Gasteiger partial charge in [0.1, 0.15) is 0 Å². The van der Waals surface area contributed by atoms with Crippen LogP contribution in [0.3, 0.4) is 0 Å². The van der Waals surface area contributed by atoms with E-state index >= 15 is 0 Å². The maximum absolute atomic E-state index is 4.45. The second-order valence-electron chi connectivity index (χ2n) is 29.1. The van der Waals surface area contributed by atoms with Gasteiger partial charge in [-0.3, -0.25) is 0 Å². The zero-order valence-corrected chi connectivity index (χ0v) is 54.4. The minimum atomic E-state index is -0.763. The van der Waals surface area contributed by atoms with Crippen molar-refractivity contribution in [2.45, 2.75) is 102 Å². The molecule has 448 valence electrons. The Bertz CT molecular complexity index is 4770. The standard InChI is InChI=1S/C88H78BN3/c1-84(2,3)62-41-48-67(49-42-62)91(66-44-37-60(38-45-66)58-25-14-10-15-26-58)69-50-51-71-79(56-69)92(68-46-39-61(40-47-68)59-27-16-11-17-28-59)89-77-36-24-35-74(83(77)90-78-57-76-80(81(71)82(78)89)70-33-22-23-34-72(70)87(76,8)9)88(63-29-18-12-19-30-63,64-31-20-13-21-32-64)65-43-52-73-75(55-65)86(6,7)54-53-85(73,4)5/h10-52,55-57,90H,53-54H2,1-9H3. The van der Waals surface area contributed by atoms with Gasteiger partial charge in [0.05, 0.1) is 5.41 Å². The van der Waals surface area contributed by atoms with Gasteiger partial charge in [0.2, 0.25) is 0 Å². The van der Waals surface area contributed by atoms with Crippen LogP contribution >= 0.6 is 0 Å². The Morgan fingerprint density at radius 1 is 0.402 bits per heavy atom. The molecule has 16 rings (SSSR count).